The highest BCUT2D eigenvalue weighted by Gasteiger charge is 2.21. The Morgan fingerprint density at radius 2 is 2.55 bits per heavy atom. The van der Waals surface area contributed by atoms with Crippen LogP contribution >= 0.6 is 11.8 Å². The standard InChI is InChI=1S/C7H10N2OS/c10-3-1-8-5-7-9(6-8)2-4-11-7/h2,4-5,10H,1,3,6H2. The first-order valence-electron chi connectivity index (χ1n) is 3.57. The summed E-state index contributed by atoms with van der Waals surface area (Å²) in [6, 6.07) is 0. The Balaban J connectivity index is 1.99. The zero-order valence-electron chi connectivity index (χ0n) is 6.10. The lowest BCUT2D eigenvalue weighted by Crippen LogP contribution is -2.24. The number of aliphatic hydroxyl groups is 1. The van der Waals surface area contributed by atoms with Crippen LogP contribution in [0.1, 0.15) is 0 Å². The van der Waals surface area contributed by atoms with E-state index in [2.05, 4.69) is 27.6 Å². The molecule has 11 heavy (non-hydrogen) atoms. The molecule has 1 N–H and O–H groups in total. The summed E-state index contributed by atoms with van der Waals surface area (Å²) in [6.45, 7) is 1.85. The van der Waals surface area contributed by atoms with E-state index in [1.807, 2.05) is 0 Å². The van der Waals surface area contributed by atoms with Gasteiger partial charge >= 0.3 is 0 Å². The van der Waals surface area contributed by atoms with Crippen LogP contribution in [0, 0.1) is 0 Å². The van der Waals surface area contributed by atoms with Crippen molar-refractivity contribution in [3.05, 3.63) is 22.8 Å². The molecule has 0 radical (unpaired) electrons. The second kappa shape index (κ2) is 2.79. The van der Waals surface area contributed by atoms with Gasteiger partial charge in [0, 0.05) is 18.9 Å². The molecule has 2 aliphatic rings. The van der Waals surface area contributed by atoms with Crippen molar-refractivity contribution >= 4 is 11.8 Å². The normalized spacial score (nSPS) is 21.0. The zero-order chi connectivity index (χ0) is 7.68. The quantitative estimate of drug-likeness (QED) is 0.655. The Morgan fingerprint density at radius 1 is 1.64 bits per heavy atom. The summed E-state index contributed by atoms with van der Waals surface area (Å²) in [5.74, 6) is 0. The summed E-state index contributed by atoms with van der Waals surface area (Å²) in [5.41, 5.74) is 0. The molecule has 3 nitrogen and oxygen atoms in total. The number of β-amino-alcohol motifs (C(OH)–C–C–N with tert-alkyl or cyclic N) is 1. The average molecular weight is 170 g/mol. The predicted octanol–water partition coefficient (Wildman–Crippen LogP) is 0.571. The second-order valence-corrected chi connectivity index (χ2v) is 3.44. The van der Waals surface area contributed by atoms with E-state index < -0.39 is 0 Å². The Bertz CT molecular complexity index is 214. The van der Waals surface area contributed by atoms with Crippen LogP contribution < -0.4 is 0 Å². The summed E-state index contributed by atoms with van der Waals surface area (Å²) in [6.07, 6.45) is 4.15. The minimum Gasteiger partial charge on any atom is -0.395 e. The molecule has 0 aromatic carbocycles. The monoisotopic (exact) mass is 170 g/mol. The van der Waals surface area contributed by atoms with Crippen molar-refractivity contribution < 1.29 is 5.11 Å². The molecule has 2 heterocycles. The van der Waals surface area contributed by atoms with Crippen LogP contribution in [-0.2, 0) is 0 Å². The van der Waals surface area contributed by atoms with Gasteiger partial charge < -0.3 is 14.9 Å². The molecule has 2 aliphatic heterocycles. The molecule has 0 aliphatic carbocycles. The highest BCUT2D eigenvalue weighted by molar-refractivity contribution is 8.06. The van der Waals surface area contributed by atoms with Crippen molar-refractivity contribution in [3.63, 3.8) is 0 Å². The fourth-order valence-corrected chi connectivity index (χ4v) is 2.00. The average Bonchev–Trinajstić information content (AvgIpc) is 2.46. The number of nitrogens with zero attached hydrogens (tertiary/aromatic N) is 2. The maximum Gasteiger partial charge on any atom is 0.0968 e. The van der Waals surface area contributed by atoms with E-state index in [0.717, 1.165) is 13.2 Å². The van der Waals surface area contributed by atoms with E-state index in [4.69, 9.17) is 5.11 Å². The van der Waals surface area contributed by atoms with Gasteiger partial charge in [-0.3, -0.25) is 0 Å². The summed E-state index contributed by atoms with van der Waals surface area (Å²) >= 11 is 1.73. The highest BCUT2D eigenvalue weighted by atomic mass is 32.2. The van der Waals surface area contributed by atoms with Gasteiger partial charge in [0.15, 0.2) is 0 Å². The van der Waals surface area contributed by atoms with Gasteiger partial charge in [-0.15, -0.1) is 0 Å². The maximum absolute atomic E-state index is 8.68. The van der Waals surface area contributed by atoms with Crippen LogP contribution in [0.25, 0.3) is 0 Å². The smallest absolute Gasteiger partial charge is 0.0968 e. The van der Waals surface area contributed by atoms with Gasteiger partial charge in [0.25, 0.3) is 0 Å². The number of aliphatic hydroxyl groups excluding tert-OH is 1. The molecular formula is C7H10N2OS. The van der Waals surface area contributed by atoms with Gasteiger partial charge in [0.1, 0.15) is 0 Å². The molecule has 0 atom stereocenters. The van der Waals surface area contributed by atoms with Crippen molar-refractivity contribution in [1.82, 2.24) is 9.80 Å². The first kappa shape index (κ1) is 7.06. The molecule has 0 amide bonds. The lowest BCUT2D eigenvalue weighted by molar-refractivity contribution is 0.222. The minimum absolute atomic E-state index is 0.228. The maximum atomic E-state index is 8.68. The van der Waals surface area contributed by atoms with Crippen LogP contribution in [0.4, 0.5) is 0 Å². The Morgan fingerprint density at radius 3 is 3.27 bits per heavy atom. The molecule has 0 bridgehead atoms. The van der Waals surface area contributed by atoms with Crippen molar-refractivity contribution in [2.24, 2.45) is 0 Å². The molecule has 0 aromatic heterocycles. The van der Waals surface area contributed by atoms with E-state index in [1.165, 1.54) is 5.03 Å². The second-order valence-electron chi connectivity index (χ2n) is 2.52. The Labute approximate surface area is 70.0 Å². The number of thioether (sulfide) groups is 1. The molecule has 2 rings (SSSR count). The van der Waals surface area contributed by atoms with Gasteiger partial charge in [-0.25, -0.2) is 0 Å². The van der Waals surface area contributed by atoms with Gasteiger partial charge in [-0.05, 0) is 5.41 Å². The lowest BCUT2D eigenvalue weighted by Gasteiger charge is -2.16. The molecule has 0 fully saturated rings. The van der Waals surface area contributed by atoms with E-state index in [1.54, 1.807) is 11.8 Å². The predicted molar refractivity (Wildman–Crippen MR) is 45.3 cm³/mol. The minimum atomic E-state index is 0.228. The third kappa shape index (κ3) is 1.23. The van der Waals surface area contributed by atoms with Crippen LogP contribution in [0.5, 0.6) is 0 Å². The molecular weight excluding hydrogens is 160 g/mol. The largest absolute Gasteiger partial charge is 0.395 e. The molecule has 0 saturated carbocycles. The fourth-order valence-electron chi connectivity index (χ4n) is 1.19. The molecule has 4 heteroatoms. The van der Waals surface area contributed by atoms with Crippen LogP contribution in [0.3, 0.4) is 0 Å². The number of fused-ring (bicyclic) bond motifs is 1. The van der Waals surface area contributed by atoms with Gasteiger partial charge in [0.05, 0.1) is 18.3 Å². The lowest BCUT2D eigenvalue weighted by atomic mass is 10.6. The van der Waals surface area contributed by atoms with Crippen LogP contribution in [0.15, 0.2) is 22.8 Å². The molecule has 0 aromatic rings. The first-order valence-corrected chi connectivity index (χ1v) is 4.45. The number of rotatable bonds is 2. The van der Waals surface area contributed by atoms with Gasteiger partial charge in [-0.2, -0.15) is 0 Å². The van der Waals surface area contributed by atoms with Crippen molar-refractivity contribution in [2.45, 2.75) is 0 Å². The van der Waals surface area contributed by atoms with E-state index in [9.17, 15) is 0 Å². The first-order chi connectivity index (χ1) is 5.40. The molecule has 0 spiro atoms. The Hall–Kier alpha value is -0.610. The summed E-state index contributed by atoms with van der Waals surface area (Å²) < 4.78 is 0. The number of hydrogen-bond acceptors (Lipinski definition) is 4. The fraction of sp³-hybridized carbons (Fsp3) is 0.429. The number of hydrogen-bond donors (Lipinski definition) is 1. The molecule has 0 saturated heterocycles. The summed E-state index contributed by atoms with van der Waals surface area (Å²) in [5, 5.41) is 12.0. The van der Waals surface area contributed by atoms with Crippen LogP contribution in [0.2, 0.25) is 0 Å². The summed E-state index contributed by atoms with van der Waals surface area (Å²) in [7, 11) is 0. The van der Waals surface area contributed by atoms with Crippen molar-refractivity contribution in [3.8, 4) is 0 Å². The highest BCUT2D eigenvalue weighted by Crippen LogP contribution is 2.32. The Kier molecular flexibility index (Phi) is 1.79. The molecule has 0 unspecified atom stereocenters. The van der Waals surface area contributed by atoms with Gasteiger partial charge in [-0.1, -0.05) is 11.8 Å². The van der Waals surface area contributed by atoms with Crippen LogP contribution in [-0.4, -0.2) is 34.7 Å². The SMILES string of the molecule is OCCN1C=C2SC=CN2C1. The third-order valence-corrected chi connectivity index (χ3v) is 2.57. The zero-order valence-corrected chi connectivity index (χ0v) is 6.92. The molecule has 60 valence electrons. The topological polar surface area (TPSA) is 26.7 Å². The van der Waals surface area contributed by atoms with Crippen molar-refractivity contribution in [1.29, 1.82) is 0 Å². The van der Waals surface area contributed by atoms with E-state index >= 15 is 0 Å². The third-order valence-electron chi connectivity index (χ3n) is 1.73. The van der Waals surface area contributed by atoms with E-state index in [-0.39, 0.29) is 6.61 Å². The summed E-state index contributed by atoms with van der Waals surface area (Å²) in [4.78, 5) is 4.27. The van der Waals surface area contributed by atoms with E-state index in [0.29, 0.717) is 0 Å². The van der Waals surface area contributed by atoms with Gasteiger partial charge in [0.2, 0.25) is 0 Å². The van der Waals surface area contributed by atoms with Crippen molar-refractivity contribution in [2.75, 3.05) is 19.8 Å².